The van der Waals surface area contributed by atoms with Crippen molar-refractivity contribution < 1.29 is 14.3 Å². The number of anilines is 1. The van der Waals surface area contributed by atoms with Crippen molar-refractivity contribution in [2.75, 3.05) is 4.90 Å². The van der Waals surface area contributed by atoms with Gasteiger partial charge in [-0.05, 0) is 66.5 Å². The van der Waals surface area contributed by atoms with Gasteiger partial charge in [-0.2, -0.15) is 0 Å². The molecule has 1 aliphatic heterocycles. The summed E-state index contributed by atoms with van der Waals surface area (Å²) in [6.07, 6.45) is 5.58. The molecule has 0 radical (unpaired) electrons. The van der Waals surface area contributed by atoms with Crippen molar-refractivity contribution in [1.29, 1.82) is 0 Å². The topological polar surface area (TPSA) is 46.6 Å². The van der Waals surface area contributed by atoms with Gasteiger partial charge in [0.2, 0.25) is 11.8 Å². The van der Waals surface area contributed by atoms with Gasteiger partial charge in [0, 0.05) is 0 Å². The average Bonchev–Trinajstić information content (AvgIpc) is 3.48. The number of carbonyl (C=O) groups excluding carboxylic acids is 2. The zero-order valence-corrected chi connectivity index (χ0v) is 14.7. The maximum atomic E-state index is 13.1. The number of rotatable bonds is 3. The molecule has 1 heterocycles. The zero-order valence-electron chi connectivity index (χ0n) is 14.7. The van der Waals surface area contributed by atoms with E-state index in [2.05, 4.69) is 12.2 Å². The first-order valence-electron chi connectivity index (χ1n) is 9.61. The van der Waals surface area contributed by atoms with E-state index in [0.717, 1.165) is 5.75 Å². The number of amides is 2. The summed E-state index contributed by atoms with van der Waals surface area (Å²) in [6.45, 7) is 0. The minimum atomic E-state index is -0.156. The Morgan fingerprint density at radius 1 is 0.741 bits per heavy atom. The molecule has 1 saturated heterocycles. The Bertz CT molecular complexity index is 929. The highest BCUT2D eigenvalue weighted by molar-refractivity contribution is 6.22. The summed E-state index contributed by atoms with van der Waals surface area (Å²) in [7, 11) is 0. The SMILES string of the molecule is O=C1[C@@H]2[C@H]3C=C[C@H]([C@H]4C[C@H]34)[C@@H]2C(=O)N1c1ccc(Oc2ccccc2)cc1. The van der Waals surface area contributed by atoms with E-state index in [9.17, 15) is 9.59 Å². The van der Waals surface area contributed by atoms with Gasteiger partial charge in [-0.15, -0.1) is 0 Å². The minimum Gasteiger partial charge on any atom is -0.457 e. The van der Waals surface area contributed by atoms with Crippen LogP contribution in [0.5, 0.6) is 11.5 Å². The van der Waals surface area contributed by atoms with Crippen LogP contribution in [-0.4, -0.2) is 11.8 Å². The molecule has 134 valence electrons. The lowest BCUT2D eigenvalue weighted by atomic mass is 9.63. The van der Waals surface area contributed by atoms with E-state index in [1.807, 2.05) is 54.6 Å². The van der Waals surface area contributed by atoms with Crippen LogP contribution in [0.25, 0.3) is 0 Å². The van der Waals surface area contributed by atoms with E-state index in [4.69, 9.17) is 4.74 Å². The maximum Gasteiger partial charge on any atom is 0.238 e. The molecule has 2 bridgehead atoms. The standard InChI is InChI=1S/C23H19NO3/c25-22-20-16-10-11-17(19-12-18(16)19)21(20)23(26)24(22)13-6-8-15(9-7-13)27-14-4-2-1-3-5-14/h1-11,16-21H,12H2/t16-,17+,18-,19-,20+,21-/m1/s1. The predicted octanol–water partition coefficient (Wildman–Crippen LogP) is 4.04. The van der Waals surface area contributed by atoms with Crippen molar-refractivity contribution in [2.45, 2.75) is 6.42 Å². The van der Waals surface area contributed by atoms with E-state index < -0.39 is 0 Å². The number of allylic oxidation sites excluding steroid dienone is 2. The van der Waals surface area contributed by atoms with Gasteiger partial charge < -0.3 is 4.74 Å². The molecule has 4 heteroatoms. The molecule has 27 heavy (non-hydrogen) atoms. The van der Waals surface area contributed by atoms with Crippen LogP contribution < -0.4 is 9.64 Å². The van der Waals surface area contributed by atoms with Crippen molar-refractivity contribution in [1.82, 2.24) is 0 Å². The second-order valence-corrected chi connectivity index (χ2v) is 8.08. The quantitative estimate of drug-likeness (QED) is 0.615. The zero-order chi connectivity index (χ0) is 18.1. The average molecular weight is 357 g/mol. The van der Waals surface area contributed by atoms with Gasteiger partial charge >= 0.3 is 0 Å². The lowest BCUT2D eigenvalue weighted by Gasteiger charge is -2.37. The fourth-order valence-electron chi connectivity index (χ4n) is 5.50. The Morgan fingerprint density at radius 2 is 1.30 bits per heavy atom. The normalized spacial score (nSPS) is 35.2. The number of nitrogens with zero attached hydrogens (tertiary/aromatic N) is 1. The first-order chi connectivity index (χ1) is 13.2. The van der Waals surface area contributed by atoms with E-state index in [1.165, 1.54) is 11.3 Å². The number of para-hydroxylation sites is 1. The van der Waals surface area contributed by atoms with E-state index in [-0.39, 0.29) is 35.5 Å². The van der Waals surface area contributed by atoms with Crippen LogP contribution in [0, 0.1) is 35.5 Å². The molecule has 0 spiro atoms. The molecular weight excluding hydrogens is 338 g/mol. The molecule has 6 atom stereocenters. The Hall–Kier alpha value is -2.88. The van der Waals surface area contributed by atoms with Crippen molar-refractivity contribution in [3.8, 4) is 11.5 Å². The Balaban J connectivity index is 1.28. The van der Waals surface area contributed by atoms with Crippen LogP contribution in [0.15, 0.2) is 66.7 Å². The molecule has 2 amide bonds. The molecule has 0 aromatic heterocycles. The molecule has 0 unspecified atom stereocenters. The molecule has 2 aromatic rings. The summed E-state index contributed by atoms with van der Waals surface area (Å²) in [4.78, 5) is 27.7. The van der Waals surface area contributed by atoms with Crippen molar-refractivity contribution in [2.24, 2.45) is 35.5 Å². The molecule has 4 aliphatic carbocycles. The smallest absolute Gasteiger partial charge is 0.238 e. The monoisotopic (exact) mass is 357 g/mol. The second-order valence-electron chi connectivity index (χ2n) is 8.08. The third-order valence-electron chi connectivity index (χ3n) is 6.74. The Labute approximate surface area is 157 Å². The number of ether oxygens (including phenoxy) is 1. The summed E-state index contributed by atoms with van der Waals surface area (Å²) >= 11 is 0. The summed E-state index contributed by atoms with van der Waals surface area (Å²) in [6, 6.07) is 16.8. The van der Waals surface area contributed by atoms with Gasteiger partial charge in [-0.25, -0.2) is 0 Å². The highest BCUT2D eigenvalue weighted by Crippen LogP contribution is 2.65. The van der Waals surface area contributed by atoms with Crippen LogP contribution in [0.4, 0.5) is 5.69 Å². The van der Waals surface area contributed by atoms with Gasteiger partial charge in [0.25, 0.3) is 0 Å². The van der Waals surface area contributed by atoms with E-state index in [1.54, 1.807) is 0 Å². The summed E-state index contributed by atoms with van der Waals surface area (Å²) in [5.74, 6) is 2.85. The van der Waals surface area contributed by atoms with Crippen LogP contribution >= 0.6 is 0 Å². The van der Waals surface area contributed by atoms with Gasteiger partial charge in [0.15, 0.2) is 0 Å². The Morgan fingerprint density at radius 3 is 1.89 bits per heavy atom. The predicted molar refractivity (Wildman–Crippen MR) is 100 cm³/mol. The summed E-state index contributed by atoms with van der Waals surface area (Å²) in [5.41, 5.74) is 0.646. The molecule has 2 aromatic carbocycles. The molecule has 5 aliphatic rings. The second kappa shape index (κ2) is 5.32. The fraction of sp³-hybridized carbons (Fsp3) is 0.304. The maximum absolute atomic E-state index is 13.1. The molecule has 4 nitrogen and oxygen atoms in total. The summed E-state index contributed by atoms with van der Waals surface area (Å²) in [5, 5.41) is 0. The van der Waals surface area contributed by atoms with Gasteiger partial charge in [-0.3, -0.25) is 14.5 Å². The Kier molecular flexibility index (Phi) is 2.99. The number of imide groups is 1. The van der Waals surface area contributed by atoms with Crippen LogP contribution in [0.3, 0.4) is 0 Å². The number of hydrogen-bond donors (Lipinski definition) is 0. The van der Waals surface area contributed by atoms with Crippen molar-refractivity contribution >= 4 is 17.5 Å². The molecule has 3 fully saturated rings. The first kappa shape index (κ1) is 15.2. The molecular formula is C23H19NO3. The third-order valence-corrected chi connectivity index (χ3v) is 6.74. The highest BCUT2D eigenvalue weighted by Gasteiger charge is 2.67. The lowest BCUT2D eigenvalue weighted by Crippen LogP contribution is -2.40. The van der Waals surface area contributed by atoms with Crippen molar-refractivity contribution in [3.05, 3.63) is 66.7 Å². The molecule has 7 rings (SSSR count). The van der Waals surface area contributed by atoms with Crippen LogP contribution in [0.2, 0.25) is 0 Å². The third kappa shape index (κ3) is 2.10. The van der Waals surface area contributed by atoms with Crippen molar-refractivity contribution in [3.63, 3.8) is 0 Å². The fourth-order valence-corrected chi connectivity index (χ4v) is 5.50. The van der Waals surface area contributed by atoms with E-state index >= 15 is 0 Å². The highest BCUT2D eigenvalue weighted by atomic mass is 16.5. The first-order valence-corrected chi connectivity index (χ1v) is 9.61. The summed E-state index contributed by atoms with van der Waals surface area (Å²) < 4.78 is 5.81. The number of hydrogen-bond acceptors (Lipinski definition) is 3. The lowest BCUT2D eigenvalue weighted by molar-refractivity contribution is -0.124. The van der Waals surface area contributed by atoms with Gasteiger partial charge in [0.05, 0.1) is 17.5 Å². The minimum absolute atomic E-state index is 0.0218. The van der Waals surface area contributed by atoms with Crippen LogP contribution in [0.1, 0.15) is 6.42 Å². The molecule has 2 saturated carbocycles. The van der Waals surface area contributed by atoms with Gasteiger partial charge in [0.1, 0.15) is 11.5 Å². The number of benzene rings is 2. The number of carbonyl (C=O) groups is 2. The van der Waals surface area contributed by atoms with E-state index in [0.29, 0.717) is 23.3 Å². The molecule has 0 N–H and O–H groups in total. The van der Waals surface area contributed by atoms with Crippen LogP contribution in [-0.2, 0) is 9.59 Å². The largest absolute Gasteiger partial charge is 0.457 e. The van der Waals surface area contributed by atoms with Gasteiger partial charge in [-0.1, -0.05) is 30.4 Å².